The van der Waals surface area contributed by atoms with Gasteiger partial charge in [0, 0.05) is 18.7 Å². The predicted molar refractivity (Wildman–Crippen MR) is 76.9 cm³/mol. The first-order valence-corrected chi connectivity index (χ1v) is 6.35. The summed E-state index contributed by atoms with van der Waals surface area (Å²) >= 11 is 0. The number of anilines is 1. The van der Waals surface area contributed by atoms with Gasteiger partial charge in [-0.25, -0.2) is 13.6 Å². The van der Waals surface area contributed by atoms with Crippen LogP contribution in [0.4, 0.5) is 14.5 Å². The summed E-state index contributed by atoms with van der Waals surface area (Å²) in [5.41, 5.74) is 0.307. The SMILES string of the molecule is COC(=O)c1ccccc1N(C)C(=O)c1cc(F)cc(F)c1. The number of carbonyl (C=O) groups excluding carboxylic acids is 2. The van der Waals surface area contributed by atoms with E-state index in [1.54, 1.807) is 18.2 Å². The third-order valence-corrected chi connectivity index (χ3v) is 3.08. The topological polar surface area (TPSA) is 46.6 Å². The fraction of sp³-hybridized carbons (Fsp3) is 0.125. The largest absolute Gasteiger partial charge is 0.465 e. The standard InChI is InChI=1S/C16H13F2NO3/c1-19(14-6-4-3-5-13(14)16(21)22-2)15(20)10-7-11(17)9-12(18)8-10/h3-9H,1-2H3. The van der Waals surface area contributed by atoms with Crippen LogP contribution in [0.3, 0.4) is 0 Å². The lowest BCUT2D eigenvalue weighted by molar-refractivity contribution is 0.0601. The highest BCUT2D eigenvalue weighted by molar-refractivity contribution is 6.09. The molecule has 0 spiro atoms. The second-order valence-corrected chi connectivity index (χ2v) is 4.53. The van der Waals surface area contributed by atoms with Crippen LogP contribution >= 0.6 is 0 Å². The predicted octanol–water partition coefficient (Wildman–Crippen LogP) is 3.03. The minimum absolute atomic E-state index is 0.153. The van der Waals surface area contributed by atoms with Crippen molar-refractivity contribution in [2.24, 2.45) is 0 Å². The summed E-state index contributed by atoms with van der Waals surface area (Å²) < 4.78 is 31.1. The van der Waals surface area contributed by atoms with Crippen molar-refractivity contribution in [2.75, 3.05) is 19.1 Å². The maximum absolute atomic E-state index is 13.2. The van der Waals surface area contributed by atoms with E-state index in [-0.39, 0.29) is 16.8 Å². The highest BCUT2D eigenvalue weighted by atomic mass is 19.1. The maximum Gasteiger partial charge on any atom is 0.339 e. The zero-order chi connectivity index (χ0) is 16.3. The first-order chi connectivity index (χ1) is 10.4. The van der Waals surface area contributed by atoms with Crippen molar-refractivity contribution in [1.29, 1.82) is 0 Å². The normalized spacial score (nSPS) is 10.2. The van der Waals surface area contributed by atoms with Gasteiger partial charge in [0.25, 0.3) is 5.91 Å². The third-order valence-electron chi connectivity index (χ3n) is 3.08. The lowest BCUT2D eigenvalue weighted by Crippen LogP contribution is -2.28. The number of methoxy groups -OCH3 is 1. The number of hydrogen-bond donors (Lipinski definition) is 0. The molecule has 0 bridgehead atoms. The molecule has 22 heavy (non-hydrogen) atoms. The van der Waals surface area contributed by atoms with Gasteiger partial charge in [-0.3, -0.25) is 4.79 Å². The van der Waals surface area contributed by atoms with E-state index in [4.69, 9.17) is 0 Å². The van der Waals surface area contributed by atoms with Crippen molar-refractivity contribution in [2.45, 2.75) is 0 Å². The molecule has 0 unspecified atom stereocenters. The Morgan fingerprint density at radius 2 is 1.64 bits per heavy atom. The molecule has 0 atom stereocenters. The molecule has 0 saturated heterocycles. The van der Waals surface area contributed by atoms with E-state index in [1.807, 2.05) is 0 Å². The van der Waals surface area contributed by atoms with E-state index in [0.29, 0.717) is 6.07 Å². The van der Waals surface area contributed by atoms with Gasteiger partial charge in [0.2, 0.25) is 0 Å². The van der Waals surface area contributed by atoms with Crippen LogP contribution < -0.4 is 4.90 Å². The number of benzene rings is 2. The van der Waals surface area contributed by atoms with Gasteiger partial charge < -0.3 is 9.64 Å². The monoisotopic (exact) mass is 305 g/mol. The van der Waals surface area contributed by atoms with Crippen LogP contribution in [0.15, 0.2) is 42.5 Å². The summed E-state index contributed by atoms with van der Waals surface area (Å²) in [7, 11) is 2.63. The van der Waals surface area contributed by atoms with Gasteiger partial charge in [-0.15, -0.1) is 0 Å². The van der Waals surface area contributed by atoms with Crippen molar-refractivity contribution in [3.05, 3.63) is 65.2 Å². The van der Waals surface area contributed by atoms with E-state index in [9.17, 15) is 18.4 Å². The Labute approximate surface area is 125 Å². The van der Waals surface area contributed by atoms with Gasteiger partial charge >= 0.3 is 5.97 Å². The average Bonchev–Trinajstić information content (AvgIpc) is 2.51. The minimum atomic E-state index is -0.849. The average molecular weight is 305 g/mol. The fourth-order valence-corrected chi connectivity index (χ4v) is 2.03. The quantitative estimate of drug-likeness (QED) is 0.819. The summed E-state index contributed by atoms with van der Waals surface area (Å²) in [6, 6.07) is 8.84. The summed E-state index contributed by atoms with van der Waals surface area (Å²) in [6.45, 7) is 0. The number of hydrogen-bond acceptors (Lipinski definition) is 3. The van der Waals surface area contributed by atoms with Crippen LogP contribution in [0.2, 0.25) is 0 Å². The molecule has 114 valence electrons. The molecule has 0 aliphatic heterocycles. The van der Waals surface area contributed by atoms with Crippen molar-refractivity contribution in [1.82, 2.24) is 0 Å². The van der Waals surface area contributed by atoms with Gasteiger partial charge in [0.15, 0.2) is 0 Å². The molecule has 0 N–H and O–H groups in total. The first-order valence-electron chi connectivity index (χ1n) is 6.35. The molecule has 1 amide bonds. The number of amides is 1. The molecular weight excluding hydrogens is 292 g/mol. The second-order valence-electron chi connectivity index (χ2n) is 4.53. The third kappa shape index (κ3) is 3.11. The number of carbonyl (C=O) groups is 2. The molecule has 0 aliphatic carbocycles. The number of esters is 1. The van der Waals surface area contributed by atoms with Crippen molar-refractivity contribution in [3.63, 3.8) is 0 Å². The number of rotatable bonds is 3. The number of ether oxygens (including phenoxy) is 1. The zero-order valence-electron chi connectivity index (χ0n) is 12.0. The molecule has 6 heteroatoms. The second kappa shape index (κ2) is 6.34. The highest BCUT2D eigenvalue weighted by Crippen LogP contribution is 2.22. The first kappa shape index (κ1) is 15.6. The summed E-state index contributed by atoms with van der Waals surface area (Å²) in [5.74, 6) is -2.95. The summed E-state index contributed by atoms with van der Waals surface area (Å²) in [5, 5.41) is 0. The van der Waals surface area contributed by atoms with Crippen LogP contribution in [-0.2, 0) is 4.74 Å². The van der Waals surface area contributed by atoms with Gasteiger partial charge in [0.05, 0.1) is 18.4 Å². The van der Waals surface area contributed by atoms with E-state index < -0.39 is 23.5 Å². The van der Waals surface area contributed by atoms with Gasteiger partial charge in [-0.2, -0.15) is 0 Å². The van der Waals surface area contributed by atoms with Crippen molar-refractivity contribution in [3.8, 4) is 0 Å². The number of halogens is 2. The van der Waals surface area contributed by atoms with Crippen molar-refractivity contribution < 1.29 is 23.1 Å². The van der Waals surface area contributed by atoms with E-state index in [2.05, 4.69) is 4.74 Å². The molecule has 4 nitrogen and oxygen atoms in total. The molecule has 0 aromatic heterocycles. The van der Waals surface area contributed by atoms with Crippen molar-refractivity contribution >= 4 is 17.6 Å². The van der Waals surface area contributed by atoms with E-state index in [0.717, 1.165) is 17.0 Å². The molecule has 0 radical (unpaired) electrons. The Morgan fingerprint density at radius 3 is 2.23 bits per heavy atom. The summed E-state index contributed by atoms with van der Waals surface area (Å²) in [4.78, 5) is 25.2. The van der Waals surface area contributed by atoms with Gasteiger partial charge in [0.1, 0.15) is 11.6 Å². The minimum Gasteiger partial charge on any atom is -0.465 e. The molecule has 2 aromatic carbocycles. The Balaban J connectivity index is 2.41. The molecule has 0 saturated carbocycles. The lowest BCUT2D eigenvalue weighted by atomic mass is 10.1. The molecule has 2 aromatic rings. The van der Waals surface area contributed by atoms with E-state index >= 15 is 0 Å². The molecule has 0 aliphatic rings. The molecule has 2 rings (SSSR count). The van der Waals surface area contributed by atoms with E-state index in [1.165, 1.54) is 20.2 Å². The number of nitrogens with zero attached hydrogens (tertiary/aromatic N) is 1. The smallest absolute Gasteiger partial charge is 0.339 e. The molecule has 0 heterocycles. The van der Waals surface area contributed by atoms with Crippen LogP contribution in [0, 0.1) is 11.6 Å². The van der Waals surface area contributed by atoms with Gasteiger partial charge in [-0.1, -0.05) is 12.1 Å². The van der Waals surface area contributed by atoms with Crippen LogP contribution in [0.5, 0.6) is 0 Å². The molecule has 0 fully saturated rings. The highest BCUT2D eigenvalue weighted by Gasteiger charge is 2.20. The Hall–Kier alpha value is -2.76. The van der Waals surface area contributed by atoms with Crippen LogP contribution in [-0.4, -0.2) is 26.0 Å². The Bertz CT molecular complexity index is 711. The lowest BCUT2D eigenvalue weighted by Gasteiger charge is -2.20. The fourth-order valence-electron chi connectivity index (χ4n) is 2.03. The van der Waals surface area contributed by atoms with Gasteiger partial charge in [-0.05, 0) is 24.3 Å². The summed E-state index contributed by atoms with van der Waals surface area (Å²) in [6.07, 6.45) is 0. The Morgan fingerprint density at radius 1 is 1.05 bits per heavy atom. The maximum atomic E-state index is 13.2. The van der Waals surface area contributed by atoms with Crippen LogP contribution in [0.25, 0.3) is 0 Å². The molecular formula is C16H13F2NO3. The Kier molecular flexibility index (Phi) is 4.50. The number of para-hydroxylation sites is 1. The zero-order valence-corrected chi connectivity index (χ0v) is 12.0. The van der Waals surface area contributed by atoms with Crippen LogP contribution in [0.1, 0.15) is 20.7 Å².